The van der Waals surface area contributed by atoms with Crippen LogP contribution in [0, 0.1) is 0 Å². The third-order valence-corrected chi connectivity index (χ3v) is 3.86. The molecule has 0 radical (unpaired) electrons. The van der Waals surface area contributed by atoms with Crippen molar-refractivity contribution < 1.29 is 19.7 Å². The summed E-state index contributed by atoms with van der Waals surface area (Å²) in [6.07, 6.45) is 1.44. The Hall–Kier alpha value is -1.88. The SMILES string of the molecule is COc1c(O)cc2c(c1O)Oc1ccc(Br)cc1CC2. The molecule has 4 nitrogen and oxygen atoms in total. The summed E-state index contributed by atoms with van der Waals surface area (Å²) in [5.41, 5.74) is 1.81. The van der Waals surface area contributed by atoms with Crippen LogP contribution in [0.2, 0.25) is 0 Å². The minimum Gasteiger partial charge on any atom is -0.504 e. The van der Waals surface area contributed by atoms with Crippen molar-refractivity contribution in [1.82, 2.24) is 0 Å². The molecular formula is C15H13BrO4. The van der Waals surface area contributed by atoms with Crippen LogP contribution in [0.5, 0.6) is 28.7 Å². The lowest BCUT2D eigenvalue weighted by molar-refractivity contribution is 0.331. The molecule has 0 amide bonds. The number of benzene rings is 2. The molecule has 20 heavy (non-hydrogen) atoms. The molecule has 0 unspecified atom stereocenters. The standard InChI is InChI=1S/C15H13BrO4/c1-19-15-11(17)7-9-3-2-8-6-10(16)4-5-12(8)20-14(9)13(15)18/h4-7,17-18H,2-3H2,1H3. The van der Waals surface area contributed by atoms with Crippen LogP contribution in [0.4, 0.5) is 0 Å². The quantitative estimate of drug-likeness (QED) is 0.832. The Labute approximate surface area is 124 Å². The van der Waals surface area contributed by atoms with Crippen molar-refractivity contribution in [1.29, 1.82) is 0 Å². The fourth-order valence-corrected chi connectivity index (χ4v) is 2.80. The summed E-state index contributed by atoms with van der Waals surface area (Å²) in [7, 11) is 1.39. The molecule has 0 saturated carbocycles. The van der Waals surface area contributed by atoms with Gasteiger partial charge in [-0.05, 0) is 42.7 Å². The second-order valence-corrected chi connectivity index (χ2v) is 5.54. The molecule has 0 saturated heterocycles. The monoisotopic (exact) mass is 336 g/mol. The van der Waals surface area contributed by atoms with Crippen LogP contribution in [0.3, 0.4) is 0 Å². The van der Waals surface area contributed by atoms with Gasteiger partial charge in [-0.15, -0.1) is 0 Å². The molecule has 1 aliphatic rings. The summed E-state index contributed by atoms with van der Waals surface area (Å²) < 4.78 is 11.8. The predicted molar refractivity (Wildman–Crippen MR) is 77.9 cm³/mol. The van der Waals surface area contributed by atoms with E-state index in [1.54, 1.807) is 6.07 Å². The van der Waals surface area contributed by atoms with Gasteiger partial charge in [0.2, 0.25) is 11.5 Å². The van der Waals surface area contributed by atoms with Gasteiger partial charge in [-0.3, -0.25) is 0 Å². The normalized spacial score (nSPS) is 12.9. The Balaban J connectivity index is 2.14. The highest BCUT2D eigenvalue weighted by atomic mass is 79.9. The minimum atomic E-state index is -0.168. The summed E-state index contributed by atoms with van der Waals surface area (Å²) in [5.74, 6) is 0.831. The maximum atomic E-state index is 10.2. The van der Waals surface area contributed by atoms with E-state index in [0.717, 1.165) is 22.0 Å². The van der Waals surface area contributed by atoms with Gasteiger partial charge in [-0.1, -0.05) is 15.9 Å². The van der Waals surface area contributed by atoms with Crippen LogP contribution in [-0.4, -0.2) is 17.3 Å². The van der Waals surface area contributed by atoms with Crippen molar-refractivity contribution in [3.63, 3.8) is 0 Å². The Morgan fingerprint density at radius 3 is 2.65 bits per heavy atom. The van der Waals surface area contributed by atoms with Crippen LogP contribution in [0.1, 0.15) is 11.1 Å². The average molecular weight is 337 g/mol. The molecule has 0 atom stereocenters. The first kappa shape index (κ1) is 13.1. The topological polar surface area (TPSA) is 58.9 Å². The Kier molecular flexibility index (Phi) is 3.22. The molecule has 3 rings (SSSR count). The summed E-state index contributed by atoms with van der Waals surface area (Å²) in [4.78, 5) is 0. The maximum Gasteiger partial charge on any atom is 0.206 e. The smallest absolute Gasteiger partial charge is 0.206 e. The molecule has 2 aromatic carbocycles. The van der Waals surface area contributed by atoms with Crippen LogP contribution in [0.25, 0.3) is 0 Å². The molecule has 0 aliphatic carbocycles. The average Bonchev–Trinajstić information content (AvgIpc) is 2.59. The van der Waals surface area contributed by atoms with E-state index in [9.17, 15) is 10.2 Å². The van der Waals surface area contributed by atoms with Gasteiger partial charge in [0.1, 0.15) is 5.75 Å². The van der Waals surface area contributed by atoms with Crippen LogP contribution < -0.4 is 9.47 Å². The summed E-state index contributed by atoms with van der Waals surface area (Å²) in [6.45, 7) is 0. The molecule has 104 valence electrons. The van der Waals surface area contributed by atoms with Crippen LogP contribution in [-0.2, 0) is 12.8 Å². The highest BCUT2D eigenvalue weighted by Gasteiger charge is 2.23. The molecule has 5 heteroatoms. The lowest BCUT2D eigenvalue weighted by Gasteiger charge is -2.14. The fourth-order valence-electron chi connectivity index (χ4n) is 2.40. The van der Waals surface area contributed by atoms with E-state index >= 15 is 0 Å². The zero-order valence-corrected chi connectivity index (χ0v) is 12.4. The number of fused-ring (bicyclic) bond motifs is 2. The molecule has 2 aromatic rings. The van der Waals surface area contributed by atoms with Crippen molar-refractivity contribution in [2.75, 3.05) is 7.11 Å². The largest absolute Gasteiger partial charge is 0.504 e. The van der Waals surface area contributed by atoms with Crippen molar-refractivity contribution in [3.05, 3.63) is 39.9 Å². The number of hydrogen-bond acceptors (Lipinski definition) is 4. The van der Waals surface area contributed by atoms with E-state index in [1.165, 1.54) is 7.11 Å². The third kappa shape index (κ3) is 2.08. The van der Waals surface area contributed by atoms with Crippen molar-refractivity contribution in [2.45, 2.75) is 12.8 Å². The number of ether oxygens (including phenoxy) is 2. The van der Waals surface area contributed by atoms with Crippen molar-refractivity contribution >= 4 is 15.9 Å². The van der Waals surface area contributed by atoms with Crippen molar-refractivity contribution in [3.8, 4) is 28.7 Å². The minimum absolute atomic E-state index is 0.0318. The number of rotatable bonds is 1. The number of aryl methyl sites for hydroxylation is 2. The number of aromatic hydroxyl groups is 2. The highest BCUT2D eigenvalue weighted by molar-refractivity contribution is 9.10. The van der Waals surface area contributed by atoms with E-state index in [-0.39, 0.29) is 17.2 Å². The first-order valence-electron chi connectivity index (χ1n) is 6.18. The highest BCUT2D eigenvalue weighted by Crippen LogP contribution is 2.49. The zero-order valence-electron chi connectivity index (χ0n) is 10.8. The van der Waals surface area contributed by atoms with Gasteiger partial charge in [0.25, 0.3) is 0 Å². The van der Waals surface area contributed by atoms with Gasteiger partial charge in [-0.2, -0.15) is 0 Å². The Bertz CT molecular complexity index is 682. The van der Waals surface area contributed by atoms with Crippen molar-refractivity contribution in [2.24, 2.45) is 0 Å². The number of methoxy groups -OCH3 is 1. The van der Waals surface area contributed by atoms with Gasteiger partial charge >= 0.3 is 0 Å². The first-order valence-corrected chi connectivity index (χ1v) is 6.97. The molecule has 0 fully saturated rings. The summed E-state index contributed by atoms with van der Waals surface area (Å²) in [6, 6.07) is 7.32. The van der Waals surface area contributed by atoms with E-state index in [1.807, 2.05) is 18.2 Å². The van der Waals surface area contributed by atoms with Crippen LogP contribution >= 0.6 is 15.9 Å². The summed E-state index contributed by atoms with van der Waals surface area (Å²) in [5, 5.41) is 20.1. The van der Waals surface area contributed by atoms with E-state index < -0.39 is 0 Å². The molecule has 2 N–H and O–H groups in total. The first-order chi connectivity index (χ1) is 9.60. The van der Waals surface area contributed by atoms with Gasteiger partial charge < -0.3 is 19.7 Å². The molecular weight excluding hydrogens is 324 g/mol. The number of halogens is 1. The number of hydrogen-bond donors (Lipinski definition) is 2. The fraction of sp³-hybridized carbons (Fsp3) is 0.200. The zero-order chi connectivity index (χ0) is 14.3. The molecule has 0 spiro atoms. The Morgan fingerprint density at radius 2 is 1.90 bits per heavy atom. The molecule has 0 bridgehead atoms. The second kappa shape index (κ2) is 4.90. The molecule has 0 aromatic heterocycles. The van der Waals surface area contributed by atoms with Gasteiger partial charge in [0.15, 0.2) is 11.5 Å². The molecule has 1 heterocycles. The van der Waals surface area contributed by atoms with Crippen LogP contribution in [0.15, 0.2) is 28.7 Å². The number of phenolic OH excluding ortho intramolecular Hbond substituents is 2. The van der Waals surface area contributed by atoms with E-state index in [2.05, 4.69) is 15.9 Å². The van der Waals surface area contributed by atoms with Gasteiger partial charge in [0.05, 0.1) is 7.11 Å². The predicted octanol–water partition coefficient (Wildman–Crippen LogP) is 3.76. The number of phenols is 2. The summed E-state index contributed by atoms with van der Waals surface area (Å²) >= 11 is 3.43. The van der Waals surface area contributed by atoms with Gasteiger partial charge in [0, 0.05) is 10.0 Å². The van der Waals surface area contributed by atoms with E-state index in [4.69, 9.17) is 9.47 Å². The second-order valence-electron chi connectivity index (χ2n) is 4.62. The van der Waals surface area contributed by atoms with Gasteiger partial charge in [-0.25, -0.2) is 0 Å². The lowest BCUT2D eigenvalue weighted by Crippen LogP contribution is -1.93. The maximum absolute atomic E-state index is 10.2. The third-order valence-electron chi connectivity index (χ3n) is 3.37. The molecule has 1 aliphatic heterocycles. The lowest BCUT2D eigenvalue weighted by atomic mass is 10.0. The Morgan fingerprint density at radius 1 is 1.15 bits per heavy atom. The van der Waals surface area contributed by atoms with E-state index in [0.29, 0.717) is 17.9 Å².